The molecule has 0 radical (unpaired) electrons. The maximum absolute atomic E-state index is 12.7. The van der Waals surface area contributed by atoms with Gasteiger partial charge in [-0.05, 0) is 19.8 Å². The minimum absolute atomic E-state index is 0.179. The quantitative estimate of drug-likeness (QED) is 0.784. The molecule has 24 heavy (non-hydrogen) atoms. The number of hydrogen-bond acceptors (Lipinski definition) is 6. The smallest absolute Gasteiger partial charge is 0.265 e. The van der Waals surface area contributed by atoms with Gasteiger partial charge in [-0.1, -0.05) is 13.8 Å². The first kappa shape index (κ1) is 16.4. The summed E-state index contributed by atoms with van der Waals surface area (Å²) in [6, 6.07) is 0. The van der Waals surface area contributed by atoms with Crippen LogP contribution in [0.5, 0.6) is 0 Å². The zero-order chi connectivity index (χ0) is 17.4. The molecule has 0 saturated heterocycles. The summed E-state index contributed by atoms with van der Waals surface area (Å²) in [7, 11) is 0. The van der Waals surface area contributed by atoms with E-state index in [2.05, 4.69) is 15.3 Å². The largest absolute Gasteiger partial charge is 0.442 e. The van der Waals surface area contributed by atoms with Crippen LogP contribution in [0.3, 0.4) is 0 Å². The van der Waals surface area contributed by atoms with E-state index in [1.807, 2.05) is 26.2 Å². The SMILES string of the molecule is Cc1csc(NC(=O)c2c(C)oc3ncn(CC(C)C)c(=O)c23)n1. The molecule has 0 aromatic carbocycles. The van der Waals surface area contributed by atoms with Crippen LogP contribution in [-0.2, 0) is 6.54 Å². The van der Waals surface area contributed by atoms with Crippen LogP contribution in [-0.4, -0.2) is 20.4 Å². The van der Waals surface area contributed by atoms with Gasteiger partial charge in [-0.25, -0.2) is 9.97 Å². The van der Waals surface area contributed by atoms with Gasteiger partial charge in [0, 0.05) is 11.9 Å². The average molecular weight is 346 g/mol. The highest BCUT2D eigenvalue weighted by Gasteiger charge is 2.23. The van der Waals surface area contributed by atoms with Crippen LogP contribution in [0.25, 0.3) is 11.1 Å². The predicted molar refractivity (Wildman–Crippen MR) is 92.6 cm³/mol. The van der Waals surface area contributed by atoms with Gasteiger partial charge in [-0.15, -0.1) is 11.3 Å². The van der Waals surface area contributed by atoms with Crippen molar-refractivity contribution < 1.29 is 9.21 Å². The summed E-state index contributed by atoms with van der Waals surface area (Å²) in [5.74, 6) is 0.231. The van der Waals surface area contributed by atoms with Crippen molar-refractivity contribution in [1.82, 2.24) is 14.5 Å². The Hall–Kier alpha value is -2.48. The number of amides is 1. The van der Waals surface area contributed by atoms with Crippen molar-refractivity contribution in [2.24, 2.45) is 5.92 Å². The number of aryl methyl sites for hydroxylation is 2. The van der Waals surface area contributed by atoms with Gasteiger partial charge in [0.15, 0.2) is 5.13 Å². The first-order valence-corrected chi connectivity index (χ1v) is 8.46. The van der Waals surface area contributed by atoms with E-state index in [0.29, 0.717) is 17.4 Å². The molecule has 3 aromatic heterocycles. The van der Waals surface area contributed by atoms with Crippen LogP contribution in [0.2, 0.25) is 0 Å². The molecule has 3 rings (SSSR count). The van der Waals surface area contributed by atoms with Crippen molar-refractivity contribution in [3.63, 3.8) is 0 Å². The number of fused-ring (bicyclic) bond motifs is 1. The van der Waals surface area contributed by atoms with Gasteiger partial charge in [0.05, 0.1) is 11.3 Å². The van der Waals surface area contributed by atoms with Crippen molar-refractivity contribution in [3.8, 4) is 0 Å². The first-order chi connectivity index (χ1) is 11.4. The van der Waals surface area contributed by atoms with Gasteiger partial charge in [0.1, 0.15) is 17.5 Å². The van der Waals surface area contributed by atoms with Crippen LogP contribution in [0.1, 0.15) is 35.7 Å². The third-order valence-corrected chi connectivity index (χ3v) is 4.36. The van der Waals surface area contributed by atoms with E-state index < -0.39 is 5.91 Å². The van der Waals surface area contributed by atoms with Crippen molar-refractivity contribution in [3.05, 3.63) is 39.1 Å². The Morgan fingerprint density at radius 3 is 2.79 bits per heavy atom. The van der Waals surface area contributed by atoms with Crippen molar-refractivity contribution in [2.75, 3.05) is 5.32 Å². The maximum atomic E-state index is 12.7. The molecule has 1 N–H and O–H groups in total. The van der Waals surface area contributed by atoms with Crippen LogP contribution in [0, 0.1) is 19.8 Å². The fourth-order valence-corrected chi connectivity index (χ4v) is 3.19. The topological polar surface area (TPSA) is 90.0 Å². The highest BCUT2D eigenvalue weighted by molar-refractivity contribution is 7.13. The number of nitrogens with zero attached hydrogens (tertiary/aromatic N) is 3. The molecule has 7 nitrogen and oxygen atoms in total. The molecule has 126 valence electrons. The fraction of sp³-hybridized carbons (Fsp3) is 0.375. The number of furan rings is 1. The standard InChI is InChI=1S/C16H18N4O3S/c1-8(2)5-20-7-17-14-12(15(20)22)11(10(4)23-14)13(21)19-16-18-9(3)6-24-16/h6-8H,5H2,1-4H3,(H,18,19,21). The highest BCUT2D eigenvalue weighted by Crippen LogP contribution is 2.23. The number of carbonyl (C=O) groups excluding carboxylic acids is 1. The van der Waals surface area contributed by atoms with Crippen molar-refractivity contribution >= 4 is 33.5 Å². The molecule has 0 unspecified atom stereocenters. The van der Waals surface area contributed by atoms with Gasteiger partial charge >= 0.3 is 0 Å². The van der Waals surface area contributed by atoms with E-state index in [9.17, 15) is 9.59 Å². The van der Waals surface area contributed by atoms with Crippen LogP contribution in [0.15, 0.2) is 20.9 Å². The molecule has 0 aliphatic rings. The molecule has 0 atom stereocenters. The van der Waals surface area contributed by atoms with Gasteiger partial charge in [-0.3, -0.25) is 19.5 Å². The zero-order valence-corrected chi connectivity index (χ0v) is 14.7. The Balaban J connectivity index is 2.07. The molecule has 0 aliphatic carbocycles. The molecule has 0 aliphatic heterocycles. The summed E-state index contributed by atoms with van der Waals surface area (Å²) in [4.78, 5) is 33.7. The molecule has 0 saturated carbocycles. The number of aromatic nitrogens is 3. The van der Waals surface area contributed by atoms with Gasteiger partial charge < -0.3 is 4.42 Å². The second-order valence-electron chi connectivity index (χ2n) is 6.06. The second-order valence-corrected chi connectivity index (χ2v) is 6.92. The Morgan fingerprint density at radius 1 is 1.42 bits per heavy atom. The molecule has 0 bridgehead atoms. The molecule has 1 amide bonds. The van der Waals surface area contributed by atoms with E-state index in [0.717, 1.165) is 5.69 Å². The second kappa shape index (κ2) is 6.20. The number of rotatable bonds is 4. The van der Waals surface area contributed by atoms with Crippen LogP contribution < -0.4 is 10.9 Å². The number of hydrogen-bond donors (Lipinski definition) is 1. The molecule has 3 aromatic rings. The molecule has 3 heterocycles. The Morgan fingerprint density at radius 2 is 2.17 bits per heavy atom. The lowest BCUT2D eigenvalue weighted by atomic mass is 10.1. The van der Waals surface area contributed by atoms with Gasteiger partial charge in [0.25, 0.3) is 11.5 Å². The summed E-state index contributed by atoms with van der Waals surface area (Å²) < 4.78 is 7.01. The first-order valence-electron chi connectivity index (χ1n) is 7.58. The van der Waals surface area contributed by atoms with Gasteiger partial charge in [-0.2, -0.15) is 0 Å². The maximum Gasteiger partial charge on any atom is 0.265 e. The monoisotopic (exact) mass is 346 g/mol. The summed E-state index contributed by atoms with van der Waals surface area (Å²) in [6.07, 6.45) is 1.46. The summed E-state index contributed by atoms with van der Waals surface area (Å²) in [5, 5.41) is 5.25. The zero-order valence-electron chi connectivity index (χ0n) is 13.9. The fourth-order valence-electron chi connectivity index (χ4n) is 2.51. The summed E-state index contributed by atoms with van der Waals surface area (Å²) in [5.41, 5.74) is 0.947. The number of anilines is 1. The minimum Gasteiger partial charge on any atom is -0.442 e. The predicted octanol–water partition coefficient (Wildman–Crippen LogP) is 2.97. The van der Waals surface area contributed by atoms with Crippen molar-refractivity contribution in [2.45, 2.75) is 34.2 Å². The third-order valence-electron chi connectivity index (χ3n) is 3.48. The normalized spacial score (nSPS) is 11.4. The number of thiazole rings is 1. The van der Waals surface area contributed by atoms with E-state index >= 15 is 0 Å². The number of nitrogens with one attached hydrogen (secondary N) is 1. The van der Waals surface area contributed by atoms with Crippen LogP contribution in [0.4, 0.5) is 5.13 Å². The molecule has 8 heteroatoms. The van der Waals surface area contributed by atoms with E-state index in [-0.39, 0.29) is 28.1 Å². The Kier molecular flexibility index (Phi) is 4.23. The van der Waals surface area contributed by atoms with Gasteiger partial charge in [0.2, 0.25) is 5.71 Å². The minimum atomic E-state index is -0.415. The van der Waals surface area contributed by atoms with Crippen molar-refractivity contribution in [1.29, 1.82) is 0 Å². The highest BCUT2D eigenvalue weighted by atomic mass is 32.1. The van der Waals surface area contributed by atoms with Crippen LogP contribution >= 0.6 is 11.3 Å². The van der Waals surface area contributed by atoms with E-state index in [4.69, 9.17) is 4.42 Å². The molecular weight excluding hydrogens is 328 g/mol. The number of carbonyl (C=O) groups is 1. The summed E-state index contributed by atoms with van der Waals surface area (Å²) >= 11 is 1.33. The Bertz CT molecular complexity index is 968. The lowest BCUT2D eigenvalue weighted by Crippen LogP contribution is -2.24. The summed E-state index contributed by atoms with van der Waals surface area (Å²) in [6.45, 7) is 8.04. The molecule has 0 spiro atoms. The third kappa shape index (κ3) is 2.96. The van der Waals surface area contributed by atoms with E-state index in [1.54, 1.807) is 6.92 Å². The van der Waals surface area contributed by atoms with E-state index in [1.165, 1.54) is 22.2 Å². The Labute approximate surface area is 142 Å². The lowest BCUT2D eigenvalue weighted by molar-refractivity contribution is 0.102. The average Bonchev–Trinajstić information content (AvgIpc) is 3.04. The molecular formula is C16H18N4O3S. The molecule has 0 fully saturated rings. The lowest BCUT2D eigenvalue weighted by Gasteiger charge is -2.07.